The molecule has 0 atom stereocenters. The zero-order chi connectivity index (χ0) is 14.0. The first-order valence-electron chi connectivity index (χ1n) is 6.05. The van der Waals surface area contributed by atoms with Crippen LogP contribution in [-0.2, 0) is 6.18 Å². The van der Waals surface area contributed by atoms with Crippen LogP contribution in [0.2, 0.25) is 0 Å². The molecule has 1 aliphatic carbocycles. The Morgan fingerprint density at radius 3 is 2.42 bits per heavy atom. The summed E-state index contributed by atoms with van der Waals surface area (Å²) in [5, 5.41) is 2.86. The van der Waals surface area contributed by atoms with Crippen molar-refractivity contribution in [3.8, 4) is 0 Å². The fraction of sp³-hybridized carbons (Fsp3) is 0.462. The normalized spacial score (nSPS) is 16.6. The number of carbonyl (C=O) groups is 1. The van der Waals surface area contributed by atoms with Crippen LogP contribution in [0.15, 0.2) is 18.2 Å². The molecular formula is C13H13F3INO. The van der Waals surface area contributed by atoms with Crippen molar-refractivity contribution in [3.63, 3.8) is 0 Å². The van der Waals surface area contributed by atoms with Gasteiger partial charge in [0, 0.05) is 15.2 Å². The van der Waals surface area contributed by atoms with Gasteiger partial charge in [-0.1, -0.05) is 12.8 Å². The van der Waals surface area contributed by atoms with E-state index in [-0.39, 0.29) is 21.1 Å². The Labute approximate surface area is 122 Å². The summed E-state index contributed by atoms with van der Waals surface area (Å²) in [7, 11) is 0. The first-order valence-corrected chi connectivity index (χ1v) is 7.13. The lowest BCUT2D eigenvalue weighted by atomic mass is 10.1. The minimum absolute atomic E-state index is 0.0455. The van der Waals surface area contributed by atoms with Crippen molar-refractivity contribution >= 4 is 28.5 Å². The Hall–Kier alpha value is -0.790. The number of hydrogen-bond donors (Lipinski definition) is 1. The highest BCUT2D eigenvalue weighted by atomic mass is 127. The maximum absolute atomic E-state index is 12.6. The van der Waals surface area contributed by atoms with Gasteiger partial charge in [-0.05, 0) is 53.6 Å². The molecule has 104 valence electrons. The summed E-state index contributed by atoms with van der Waals surface area (Å²) in [6.07, 6.45) is -0.297. The predicted molar refractivity (Wildman–Crippen MR) is 73.9 cm³/mol. The topological polar surface area (TPSA) is 29.1 Å². The minimum atomic E-state index is -4.38. The van der Waals surface area contributed by atoms with Crippen LogP contribution in [0.3, 0.4) is 0 Å². The van der Waals surface area contributed by atoms with Crippen LogP contribution in [0.5, 0.6) is 0 Å². The van der Waals surface area contributed by atoms with Gasteiger partial charge in [0.05, 0.1) is 5.56 Å². The molecule has 1 aliphatic rings. The second kappa shape index (κ2) is 5.68. The first-order chi connectivity index (χ1) is 8.88. The van der Waals surface area contributed by atoms with Crippen LogP contribution in [0.4, 0.5) is 13.2 Å². The van der Waals surface area contributed by atoms with Crippen molar-refractivity contribution in [1.29, 1.82) is 0 Å². The smallest absolute Gasteiger partial charge is 0.349 e. The molecule has 1 N–H and O–H groups in total. The molecule has 0 unspecified atom stereocenters. The molecule has 1 aromatic rings. The van der Waals surface area contributed by atoms with Crippen LogP contribution in [-0.4, -0.2) is 11.9 Å². The molecule has 1 fully saturated rings. The number of alkyl halides is 3. The number of halogens is 4. The molecule has 0 bridgehead atoms. The third kappa shape index (κ3) is 3.61. The standard InChI is InChI=1S/C13H13F3INO/c14-13(15,16)10-6-5-8(7-11(10)17)12(19)18-9-3-1-2-4-9/h5-7,9H,1-4H2,(H,18,19). The molecule has 6 heteroatoms. The number of carbonyl (C=O) groups excluding carboxylic acids is 1. The molecule has 19 heavy (non-hydrogen) atoms. The van der Waals surface area contributed by atoms with Crippen molar-refractivity contribution in [2.45, 2.75) is 37.9 Å². The predicted octanol–water partition coefficient (Wildman–Crippen LogP) is 3.98. The minimum Gasteiger partial charge on any atom is -0.349 e. The van der Waals surface area contributed by atoms with Crippen LogP contribution < -0.4 is 5.32 Å². The van der Waals surface area contributed by atoms with Crippen molar-refractivity contribution < 1.29 is 18.0 Å². The highest BCUT2D eigenvalue weighted by Gasteiger charge is 2.33. The molecule has 0 aromatic heterocycles. The van der Waals surface area contributed by atoms with E-state index in [0.29, 0.717) is 0 Å². The van der Waals surface area contributed by atoms with Gasteiger partial charge in [0.1, 0.15) is 0 Å². The summed E-state index contributed by atoms with van der Waals surface area (Å²) in [4.78, 5) is 11.9. The Kier molecular flexibility index (Phi) is 4.37. The second-order valence-electron chi connectivity index (χ2n) is 4.65. The zero-order valence-corrected chi connectivity index (χ0v) is 12.2. The van der Waals surface area contributed by atoms with E-state index in [2.05, 4.69) is 5.32 Å². The van der Waals surface area contributed by atoms with Gasteiger partial charge in [-0.3, -0.25) is 4.79 Å². The van der Waals surface area contributed by atoms with Crippen LogP contribution in [0.1, 0.15) is 41.6 Å². The molecule has 2 rings (SSSR count). The largest absolute Gasteiger partial charge is 0.417 e. The maximum atomic E-state index is 12.6. The van der Waals surface area contributed by atoms with E-state index in [1.807, 2.05) is 0 Å². The number of nitrogens with one attached hydrogen (secondary N) is 1. The summed E-state index contributed by atoms with van der Waals surface area (Å²) < 4.78 is 37.9. The molecule has 0 saturated heterocycles. The van der Waals surface area contributed by atoms with Crippen molar-refractivity contribution in [2.75, 3.05) is 0 Å². The van der Waals surface area contributed by atoms with Gasteiger partial charge in [-0.15, -0.1) is 0 Å². The Morgan fingerprint density at radius 2 is 1.89 bits per heavy atom. The Bertz CT molecular complexity index is 481. The molecule has 1 aromatic carbocycles. The van der Waals surface area contributed by atoms with Gasteiger partial charge >= 0.3 is 6.18 Å². The van der Waals surface area contributed by atoms with E-state index >= 15 is 0 Å². The van der Waals surface area contributed by atoms with Gasteiger partial charge in [0.2, 0.25) is 0 Å². The van der Waals surface area contributed by atoms with E-state index < -0.39 is 11.7 Å². The van der Waals surface area contributed by atoms with Crippen molar-refractivity contribution in [3.05, 3.63) is 32.9 Å². The molecule has 1 saturated carbocycles. The third-order valence-corrected chi connectivity index (χ3v) is 4.12. The maximum Gasteiger partial charge on any atom is 0.417 e. The highest BCUT2D eigenvalue weighted by molar-refractivity contribution is 14.1. The fourth-order valence-electron chi connectivity index (χ4n) is 2.23. The van der Waals surface area contributed by atoms with E-state index in [9.17, 15) is 18.0 Å². The summed E-state index contributed by atoms with van der Waals surface area (Å²) in [6.45, 7) is 0. The number of rotatable bonds is 2. The first kappa shape index (κ1) is 14.6. The van der Waals surface area contributed by atoms with E-state index in [1.165, 1.54) is 12.1 Å². The van der Waals surface area contributed by atoms with Gasteiger partial charge in [0.25, 0.3) is 5.91 Å². The van der Waals surface area contributed by atoms with Gasteiger partial charge in [0.15, 0.2) is 0 Å². The highest BCUT2D eigenvalue weighted by Crippen LogP contribution is 2.33. The second-order valence-corrected chi connectivity index (χ2v) is 5.81. The summed E-state index contributed by atoms with van der Waals surface area (Å²) >= 11 is 1.61. The third-order valence-electron chi connectivity index (χ3n) is 3.23. The van der Waals surface area contributed by atoms with E-state index in [4.69, 9.17) is 0 Å². The fourth-order valence-corrected chi connectivity index (χ4v) is 3.05. The number of hydrogen-bond acceptors (Lipinski definition) is 1. The summed E-state index contributed by atoms with van der Waals surface area (Å²) in [6, 6.07) is 3.64. The average Bonchev–Trinajstić information content (AvgIpc) is 2.79. The molecule has 2 nitrogen and oxygen atoms in total. The molecule has 0 radical (unpaired) electrons. The van der Waals surface area contributed by atoms with Gasteiger partial charge < -0.3 is 5.32 Å². The van der Waals surface area contributed by atoms with E-state index in [1.54, 1.807) is 22.6 Å². The lowest BCUT2D eigenvalue weighted by Crippen LogP contribution is -2.32. The molecule has 1 amide bonds. The molecule has 0 heterocycles. The number of benzene rings is 1. The monoisotopic (exact) mass is 383 g/mol. The van der Waals surface area contributed by atoms with Crippen molar-refractivity contribution in [2.24, 2.45) is 0 Å². The lowest BCUT2D eigenvalue weighted by Gasteiger charge is -2.13. The summed E-state index contributed by atoms with van der Waals surface area (Å²) in [5.74, 6) is -0.293. The van der Waals surface area contributed by atoms with Gasteiger partial charge in [-0.2, -0.15) is 13.2 Å². The Balaban J connectivity index is 2.12. The van der Waals surface area contributed by atoms with E-state index in [0.717, 1.165) is 31.7 Å². The van der Waals surface area contributed by atoms with Crippen LogP contribution in [0.25, 0.3) is 0 Å². The Morgan fingerprint density at radius 1 is 1.26 bits per heavy atom. The number of amides is 1. The van der Waals surface area contributed by atoms with Crippen molar-refractivity contribution in [1.82, 2.24) is 5.32 Å². The molecule has 0 aliphatic heterocycles. The quantitative estimate of drug-likeness (QED) is 0.770. The van der Waals surface area contributed by atoms with Crippen LogP contribution >= 0.6 is 22.6 Å². The SMILES string of the molecule is O=C(NC1CCCC1)c1ccc(C(F)(F)F)c(I)c1. The molecule has 0 spiro atoms. The zero-order valence-electron chi connectivity index (χ0n) is 10.1. The average molecular weight is 383 g/mol. The summed E-state index contributed by atoms with van der Waals surface area (Å²) in [5.41, 5.74) is -0.421. The van der Waals surface area contributed by atoms with Gasteiger partial charge in [-0.25, -0.2) is 0 Å². The molecular weight excluding hydrogens is 370 g/mol. The van der Waals surface area contributed by atoms with Crippen LogP contribution in [0, 0.1) is 3.57 Å². The lowest BCUT2D eigenvalue weighted by molar-refractivity contribution is -0.138.